The van der Waals surface area contributed by atoms with Gasteiger partial charge in [0.25, 0.3) is 0 Å². The smallest absolute Gasteiger partial charge is 0.0723 e. The SMILES string of the molecule is [Na].c1c[nH]c2c(c1)ccc1nccc12. The summed E-state index contributed by atoms with van der Waals surface area (Å²) in [5.41, 5.74) is 2.22. The van der Waals surface area contributed by atoms with Crippen molar-refractivity contribution in [1.82, 2.24) is 9.97 Å². The molecule has 0 saturated carbocycles. The molecule has 0 aliphatic rings. The fourth-order valence-corrected chi connectivity index (χ4v) is 1.68. The maximum absolute atomic E-state index is 4.25. The molecule has 3 heteroatoms. The predicted octanol–water partition coefficient (Wildman–Crippen LogP) is 2.34. The first-order valence-corrected chi connectivity index (χ1v) is 4.26. The van der Waals surface area contributed by atoms with Gasteiger partial charge in [-0.15, -0.1) is 0 Å². The van der Waals surface area contributed by atoms with Crippen LogP contribution < -0.4 is 0 Å². The van der Waals surface area contributed by atoms with Gasteiger partial charge in [0.15, 0.2) is 0 Å². The molecule has 0 bridgehead atoms. The van der Waals surface area contributed by atoms with Gasteiger partial charge in [-0.3, -0.25) is 4.98 Å². The van der Waals surface area contributed by atoms with Gasteiger partial charge in [-0.05, 0) is 23.6 Å². The Morgan fingerprint density at radius 1 is 1.07 bits per heavy atom. The summed E-state index contributed by atoms with van der Waals surface area (Å²) in [6, 6.07) is 10.3. The van der Waals surface area contributed by atoms with E-state index < -0.39 is 0 Å². The molecule has 1 radical (unpaired) electrons. The van der Waals surface area contributed by atoms with E-state index in [2.05, 4.69) is 22.1 Å². The summed E-state index contributed by atoms with van der Waals surface area (Å²) in [6.07, 6.45) is 3.78. The third-order valence-corrected chi connectivity index (χ3v) is 2.31. The quantitative estimate of drug-likeness (QED) is 0.543. The molecule has 0 saturated heterocycles. The molecule has 0 fully saturated rings. The van der Waals surface area contributed by atoms with Crippen LogP contribution in [-0.4, -0.2) is 39.5 Å². The summed E-state index contributed by atoms with van der Waals surface area (Å²) >= 11 is 0. The second-order valence-electron chi connectivity index (χ2n) is 3.08. The molecule has 0 aliphatic carbocycles. The van der Waals surface area contributed by atoms with E-state index in [1.54, 1.807) is 0 Å². The van der Waals surface area contributed by atoms with Crippen LogP contribution in [0.25, 0.3) is 21.8 Å². The summed E-state index contributed by atoms with van der Waals surface area (Å²) in [7, 11) is 0. The molecule has 63 valence electrons. The summed E-state index contributed by atoms with van der Waals surface area (Å²) in [4.78, 5) is 7.49. The van der Waals surface area contributed by atoms with Crippen molar-refractivity contribution in [1.29, 1.82) is 0 Å². The van der Waals surface area contributed by atoms with Gasteiger partial charge >= 0.3 is 0 Å². The molecule has 2 heterocycles. The number of rotatable bonds is 0. The zero-order valence-electron chi connectivity index (χ0n) is 7.99. The number of H-pyrrole nitrogens is 1. The van der Waals surface area contributed by atoms with Crippen LogP contribution in [0.15, 0.2) is 42.7 Å². The molecular formula is C11H8N2Na. The van der Waals surface area contributed by atoms with Crippen molar-refractivity contribution in [3.8, 4) is 0 Å². The molecule has 0 unspecified atom stereocenters. The van der Waals surface area contributed by atoms with Gasteiger partial charge in [0.05, 0.1) is 11.0 Å². The molecular weight excluding hydrogens is 183 g/mol. The zero-order chi connectivity index (χ0) is 8.67. The normalized spacial score (nSPS) is 10.3. The van der Waals surface area contributed by atoms with Crippen LogP contribution in [0.2, 0.25) is 0 Å². The van der Waals surface area contributed by atoms with Crippen LogP contribution in [0.3, 0.4) is 0 Å². The fraction of sp³-hybridized carbons (Fsp3) is 0. The Morgan fingerprint density at radius 2 is 2.00 bits per heavy atom. The maximum Gasteiger partial charge on any atom is 0.0723 e. The minimum absolute atomic E-state index is 0. The van der Waals surface area contributed by atoms with Gasteiger partial charge in [0, 0.05) is 47.3 Å². The predicted molar refractivity (Wildman–Crippen MR) is 59.4 cm³/mol. The Bertz CT molecular complexity index is 571. The number of nitrogens with zero attached hydrogens (tertiary/aromatic N) is 1. The molecule has 1 N–H and O–H groups in total. The number of aromatic nitrogens is 2. The second-order valence-corrected chi connectivity index (χ2v) is 3.08. The van der Waals surface area contributed by atoms with Gasteiger partial charge in [-0.25, -0.2) is 0 Å². The number of benzene rings is 1. The first-order chi connectivity index (χ1) is 6.45. The number of pyridine rings is 1. The van der Waals surface area contributed by atoms with Crippen molar-refractivity contribution in [2.24, 2.45) is 0 Å². The molecule has 0 aliphatic heterocycles. The van der Waals surface area contributed by atoms with Crippen LogP contribution in [-0.2, 0) is 0 Å². The minimum atomic E-state index is 0. The van der Waals surface area contributed by atoms with Gasteiger partial charge in [0.2, 0.25) is 0 Å². The number of hydrogen-bond donors (Lipinski definition) is 1. The molecule has 14 heavy (non-hydrogen) atoms. The summed E-state index contributed by atoms with van der Waals surface area (Å²) in [5, 5.41) is 2.42. The average molecular weight is 191 g/mol. The van der Waals surface area contributed by atoms with Crippen LogP contribution in [0.5, 0.6) is 0 Å². The number of aromatic amines is 1. The van der Waals surface area contributed by atoms with Gasteiger partial charge in [-0.1, -0.05) is 12.1 Å². The van der Waals surface area contributed by atoms with Crippen molar-refractivity contribution in [2.75, 3.05) is 0 Å². The molecule has 0 atom stereocenters. The second kappa shape index (κ2) is 3.73. The molecule has 3 rings (SSSR count). The first-order valence-electron chi connectivity index (χ1n) is 4.26. The van der Waals surface area contributed by atoms with Crippen LogP contribution >= 0.6 is 0 Å². The zero-order valence-corrected chi connectivity index (χ0v) is 9.99. The van der Waals surface area contributed by atoms with E-state index in [1.165, 1.54) is 10.8 Å². The van der Waals surface area contributed by atoms with Crippen molar-refractivity contribution in [3.05, 3.63) is 42.7 Å². The van der Waals surface area contributed by atoms with E-state index in [4.69, 9.17) is 0 Å². The molecule has 0 amide bonds. The Hall–Kier alpha value is -0.830. The summed E-state index contributed by atoms with van der Waals surface area (Å²) in [5.74, 6) is 0. The number of hydrogen-bond acceptors (Lipinski definition) is 1. The Morgan fingerprint density at radius 3 is 2.93 bits per heavy atom. The van der Waals surface area contributed by atoms with E-state index in [0.29, 0.717) is 0 Å². The van der Waals surface area contributed by atoms with Crippen LogP contribution in [0.4, 0.5) is 0 Å². The standard InChI is InChI=1S/C11H8N2.Na/c1-2-8-3-4-10-9(5-7-12-10)11(8)13-6-1;/h1-7,13H;. The van der Waals surface area contributed by atoms with Crippen molar-refractivity contribution in [3.63, 3.8) is 0 Å². The first kappa shape index (κ1) is 9.71. The maximum atomic E-state index is 4.25. The molecule has 1 aromatic carbocycles. The monoisotopic (exact) mass is 191 g/mol. The summed E-state index contributed by atoms with van der Waals surface area (Å²) < 4.78 is 0. The van der Waals surface area contributed by atoms with E-state index in [1.807, 2.05) is 30.6 Å². The van der Waals surface area contributed by atoms with E-state index >= 15 is 0 Å². The van der Waals surface area contributed by atoms with Gasteiger partial charge in [0.1, 0.15) is 0 Å². The third-order valence-electron chi connectivity index (χ3n) is 2.31. The average Bonchev–Trinajstić information content (AvgIpc) is 2.65. The van der Waals surface area contributed by atoms with Gasteiger partial charge in [-0.2, -0.15) is 0 Å². The fourth-order valence-electron chi connectivity index (χ4n) is 1.68. The van der Waals surface area contributed by atoms with Crippen molar-refractivity contribution in [2.45, 2.75) is 0 Å². The van der Waals surface area contributed by atoms with Crippen LogP contribution in [0, 0.1) is 0 Å². The van der Waals surface area contributed by atoms with E-state index in [9.17, 15) is 0 Å². The summed E-state index contributed by atoms with van der Waals surface area (Å²) in [6.45, 7) is 0. The molecule has 2 aromatic heterocycles. The molecule has 2 nitrogen and oxygen atoms in total. The number of nitrogens with one attached hydrogen (secondary N) is 1. The van der Waals surface area contributed by atoms with E-state index in [0.717, 1.165) is 11.0 Å². The molecule has 0 spiro atoms. The Kier molecular flexibility index (Phi) is 2.59. The minimum Gasteiger partial charge on any atom is -0.361 e. The topological polar surface area (TPSA) is 28.7 Å². The molecule has 3 aromatic rings. The van der Waals surface area contributed by atoms with Crippen LogP contribution in [0.1, 0.15) is 0 Å². The van der Waals surface area contributed by atoms with Gasteiger partial charge < -0.3 is 4.98 Å². The van der Waals surface area contributed by atoms with Crippen molar-refractivity contribution >= 4 is 51.4 Å². The van der Waals surface area contributed by atoms with E-state index in [-0.39, 0.29) is 29.6 Å². The van der Waals surface area contributed by atoms with Crippen molar-refractivity contribution < 1.29 is 0 Å². The Labute approximate surface area is 104 Å². The number of fused-ring (bicyclic) bond motifs is 3. The largest absolute Gasteiger partial charge is 0.361 e. The Balaban J connectivity index is 0.000000750. The third kappa shape index (κ3) is 1.36.